The van der Waals surface area contributed by atoms with Crippen LogP contribution in [-0.4, -0.2) is 41.0 Å². The number of hydrogen-bond donors (Lipinski definition) is 2. The normalized spacial score (nSPS) is 19.0. The van der Waals surface area contributed by atoms with E-state index >= 15 is 0 Å². The molecule has 0 aromatic heterocycles. The van der Waals surface area contributed by atoms with Crippen molar-refractivity contribution in [1.82, 2.24) is 10.2 Å². The minimum absolute atomic E-state index is 0. The smallest absolute Gasteiger partial charge is 0.320 e. The first kappa shape index (κ1) is 19.7. The van der Waals surface area contributed by atoms with Crippen molar-refractivity contribution in [3.8, 4) is 0 Å². The molecule has 1 aromatic carbocycles. The maximum absolute atomic E-state index is 12.2. The molecular formula is C16H22Cl2N2O3. The van der Waals surface area contributed by atoms with Gasteiger partial charge >= 0.3 is 5.97 Å². The summed E-state index contributed by atoms with van der Waals surface area (Å²) in [4.78, 5) is 25.1. The molecule has 0 aliphatic carbocycles. The van der Waals surface area contributed by atoms with E-state index in [1.165, 1.54) is 0 Å². The van der Waals surface area contributed by atoms with Gasteiger partial charge in [-0.25, -0.2) is 0 Å². The molecule has 0 bridgehead atoms. The molecule has 1 fully saturated rings. The highest BCUT2D eigenvalue weighted by Gasteiger charge is 2.31. The monoisotopic (exact) mass is 360 g/mol. The first-order valence-electron chi connectivity index (χ1n) is 7.53. The summed E-state index contributed by atoms with van der Waals surface area (Å²) in [5, 5.41) is 12.8. The number of carboxylic acids is 1. The van der Waals surface area contributed by atoms with Crippen LogP contribution >= 0.6 is 24.0 Å². The van der Waals surface area contributed by atoms with E-state index in [0.717, 1.165) is 18.4 Å². The Labute approximate surface area is 147 Å². The van der Waals surface area contributed by atoms with Crippen LogP contribution in [0.5, 0.6) is 0 Å². The van der Waals surface area contributed by atoms with Crippen molar-refractivity contribution in [2.75, 3.05) is 13.1 Å². The minimum atomic E-state index is -0.852. The van der Waals surface area contributed by atoms with Crippen LogP contribution in [0, 0.1) is 0 Å². The number of nitrogens with one attached hydrogen (secondary N) is 1. The second kappa shape index (κ2) is 9.11. The Morgan fingerprint density at radius 2 is 2.04 bits per heavy atom. The molecule has 0 saturated carbocycles. The van der Waals surface area contributed by atoms with Crippen molar-refractivity contribution in [2.24, 2.45) is 0 Å². The van der Waals surface area contributed by atoms with Crippen LogP contribution in [0.25, 0.3) is 0 Å². The summed E-state index contributed by atoms with van der Waals surface area (Å²) >= 11 is 5.87. The van der Waals surface area contributed by atoms with Crippen LogP contribution < -0.4 is 5.32 Å². The highest BCUT2D eigenvalue weighted by atomic mass is 35.5. The molecule has 1 amide bonds. The first-order chi connectivity index (χ1) is 10.5. The Balaban J connectivity index is 0.00000264. The van der Waals surface area contributed by atoms with Crippen LogP contribution in [0.15, 0.2) is 24.3 Å². The van der Waals surface area contributed by atoms with Crippen molar-refractivity contribution in [1.29, 1.82) is 0 Å². The first-order valence-corrected chi connectivity index (χ1v) is 7.90. The molecular weight excluding hydrogens is 339 g/mol. The lowest BCUT2D eigenvalue weighted by molar-refractivity contribution is -0.142. The number of carbonyl (C=O) groups excluding carboxylic acids is 1. The summed E-state index contributed by atoms with van der Waals surface area (Å²) in [5.74, 6) is -0.995. The van der Waals surface area contributed by atoms with Gasteiger partial charge in [0.15, 0.2) is 0 Å². The summed E-state index contributed by atoms with van der Waals surface area (Å²) in [6, 6.07) is 6.76. The van der Waals surface area contributed by atoms with E-state index in [0.29, 0.717) is 18.0 Å². The van der Waals surface area contributed by atoms with E-state index in [9.17, 15) is 9.59 Å². The van der Waals surface area contributed by atoms with Gasteiger partial charge in [0.05, 0.1) is 12.6 Å². The van der Waals surface area contributed by atoms with Gasteiger partial charge in [-0.1, -0.05) is 30.7 Å². The molecule has 2 atom stereocenters. The van der Waals surface area contributed by atoms with Crippen LogP contribution in [0.2, 0.25) is 5.02 Å². The molecule has 128 valence electrons. The lowest BCUT2D eigenvalue weighted by atomic mass is 10.0. The average molecular weight is 361 g/mol. The lowest BCUT2D eigenvalue weighted by Crippen LogP contribution is -2.43. The molecule has 1 saturated heterocycles. The number of carboxylic acid groups (broad SMARTS) is 1. The number of amides is 1. The Bertz CT molecular complexity index is 537. The van der Waals surface area contributed by atoms with Gasteiger partial charge < -0.3 is 10.4 Å². The number of nitrogens with zero attached hydrogens (tertiary/aromatic N) is 1. The molecule has 5 nitrogen and oxygen atoms in total. The van der Waals surface area contributed by atoms with E-state index in [4.69, 9.17) is 16.7 Å². The molecule has 23 heavy (non-hydrogen) atoms. The fourth-order valence-corrected chi connectivity index (χ4v) is 2.96. The molecule has 2 N–H and O–H groups in total. The summed E-state index contributed by atoms with van der Waals surface area (Å²) in [6.07, 6.45) is 2.19. The minimum Gasteiger partial charge on any atom is -0.480 e. The fourth-order valence-electron chi connectivity index (χ4n) is 2.84. The predicted octanol–water partition coefficient (Wildman–Crippen LogP) is 2.88. The van der Waals surface area contributed by atoms with Crippen LogP contribution in [0.1, 0.15) is 37.8 Å². The molecule has 0 radical (unpaired) electrons. The third kappa shape index (κ3) is 5.37. The quantitative estimate of drug-likeness (QED) is 0.818. The number of carbonyl (C=O) groups is 2. The number of likely N-dealkylation sites (tertiary alicyclic amines) is 1. The van der Waals surface area contributed by atoms with Crippen LogP contribution in [-0.2, 0) is 9.59 Å². The molecule has 2 unspecified atom stereocenters. The summed E-state index contributed by atoms with van der Waals surface area (Å²) in [7, 11) is 0. The van der Waals surface area contributed by atoms with Gasteiger partial charge in [-0.3, -0.25) is 14.5 Å². The second-order valence-corrected chi connectivity index (χ2v) is 5.98. The van der Waals surface area contributed by atoms with Crippen molar-refractivity contribution in [3.63, 3.8) is 0 Å². The van der Waals surface area contributed by atoms with Gasteiger partial charge in [-0.15, -0.1) is 12.4 Å². The average Bonchev–Trinajstić information content (AvgIpc) is 2.94. The predicted molar refractivity (Wildman–Crippen MR) is 92.1 cm³/mol. The standard InChI is InChI=1S/C16H21ClN2O3.ClH/c1-2-13(11-5-7-12(17)8-6-11)18-15(20)10-19-9-3-4-14(19)16(21)22;/h5-8,13-14H,2-4,9-10H2,1H3,(H,18,20)(H,21,22);1H. The SMILES string of the molecule is CCC(NC(=O)CN1CCCC1C(=O)O)c1ccc(Cl)cc1.Cl. The van der Waals surface area contributed by atoms with Gasteiger partial charge in [0.1, 0.15) is 6.04 Å². The summed E-state index contributed by atoms with van der Waals surface area (Å²) in [6.45, 7) is 2.78. The van der Waals surface area contributed by atoms with Gasteiger partial charge in [-0.2, -0.15) is 0 Å². The topological polar surface area (TPSA) is 69.6 Å². The maximum Gasteiger partial charge on any atom is 0.320 e. The van der Waals surface area contributed by atoms with Gasteiger partial charge in [0.2, 0.25) is 5.91 Å². The van der Waals surface area contributed by atoms with E-state index in [2.05, 4.69) is 5.32 Å². The Morgan fingerprint density at radius 3 is 2.61 bits per heavy atom. The van der Waals surface area contributed by atoms with Gasteiger partial charge in [0, 0.05) is 5.02 Å². The summed E-state index contributed by atoms with van der Waals surface area (Å²) in [5.41, 5.74) is 0.997. The number of hydrogen-bond acceptors (Lipinski definition) is 3. The van der Waals surface area contributed by atoms with Crippen LogP contribution in [0.4, 0.5) is 0 Å². The number of rotatable bonds is 6. The van der Waals surface area contributed by atoms with E-state index in [1.807, 2.05) is 19.1 Å². The van der Waals surface area contributed by atoms with Crippen LogP contribution in [0.3, 0.4) is 0 Å². The zero-order chi connectivity index (χ0) is 16.1. The molecule has 1 aromatic rings. The Morgan fingerprint density at radius 1 is 1.39 bits per heavy atom. The Hall–Kier alpha value is -1.30. The number of benzene rings is 1. The van der Waals surface area contributed by atoms with Crippen molar-refractivity contribution < 1.29 is 14.7 Å². The molecule has 1 aliphatic rings. The van der Waals surface area contributed by atoms with Gasteiger partial charge in [0.25, 0.3) is 0 Å². The molecule has 1 aliphatic heterocycles. The fraction of sp³-hybridized carbons (Fsp3) is 0.500. The van der Waals surface area contributed by atoms with Crippen molar-refractivity contribution >= 4 is 35.9 Å². The van der Waals surface area contributed by atoms with E-state index in [1.54, 1.807) is 17.0 Å². The number of halogens is 2. The molecule has 7 heteroatoms. The highest BCUT2D eigenvalue weighted by Crippen LogP contribution is 2.20. The van der Waals surface area contributed by atoms with E-state index < -0.39 is 12.0 Å². The zero-order valence-electron chi connectivity index (χ0n) is 13.0. The zero-order valence-corrected chi connectivity index (χ0v) is 14.6. The largest absolute Gasteiger partial charge is 0.480 e. The van der Waals surface area contributed by atoms with Crippen molar-refractivity contribution in [2.45, 2.75) is 38.3 Å². The molecule has 1 heterocycles. The maximum atomic E-state index is 12.2. The van der Waals surface area contributed by atoms with Crippen molar-refractivity contribution in [3.05, 3.63) is 34.9 Å². The van der Waals surface area contributed by atoms with Gasteiger partial charge in [-0.05, 0) is 43.5 Å². The Kier molecular flexibility index (Phi) is 7.82. The third-order valence-electron chi connectivity index (χ3n) is 4.01. The lowest BCUT2D eigenvalue weighted by Gasteiger charge is -2.23. The third-order valence-corrected chi connectivity index (χ3v) is 4.26. The second-order valence-electron chi connectivity index (χ2n) is 5.55. The molecule has 2 rings (SSSR count). The number of aliphatic carboxylic acids is 1. The summed E-state index contributed by atoms with van der Waals surface area (Å²) < 4.78 is 0. The molecule has 0 spiro atoms. The van der Waals surface area contributed by atoms with E-state index in [-0.39, 0.29) is 30.9 Å². The highest BCUT2D eigenvalue weighted by molar-refractivity contribution is 6.30.